The lowest BCUT2D eigenvalue weighted by Crippen LogP contribution is -2.11. The standard InChI is InChI=1S/C52H33NS2/c1-2-19-40-34(13-1)14-11-23-41(40)37-16-10-18-39(32-37)53(38-17-9-15-35(31-38)36-29-30-51-47(33-36)44-22-5-7-27-49(44)54-51)48-26-6-3-20-42(48)45-24-12-25-46-43-21-4-8-28-50(43)55-52(45)46/h1-33H. The average molecular weight is 736 g/mol. The summed E-state index contributed by atoms with van der Waals surface area (Å²) < 4.78 is 5.26. The fourth-order valence-corrected chi connectivity index (χ4v) is 10.6. The van der Waals surface area contributed by atoms with E-state index in [4.69, 9.17) is 0 Å². The van der Waals surface area contributed by atoms with E-state index in [1.54, 1.807) is 0 Å². The summed E-state index contributed by atoms with van der Waals surface area (Å²) in [5, 5.41) is 7.73. The van der Waals surface area contributed by atoms with Crippen LogP contribution in [0, 0.1) is 0 Å². The molecule has 0 radical (unpaired) electrons. The molecule has 2 aromatic heterocycles. The molecule has 0 N–H and O–H groups in total. The minimum Gasteiger partial charge on any atom is -0.310 e. The van der Waals surface area contributed by atoms with Crippen molar-refractivity contribution < 1.29 is 0 Å². The summed E-state index contributed by atoms with van der Waals surface area (Å²) in [4.78, 5) is 2.46. The predicted octanol–water partition coefficient (Wildman–Crippen LogP) is 16.0. The van der Waals surface area contributed by atoms with Gasteiger partial charge in [0.2, 0.25) is 0 Å². The lowest BCUT2D eigenvalue weighted by atomic mass is 9.96. The Hall–Kier alpha value is -6.52. The zero-order chi connectivity index (χ0) is 36.3. The SMILES string of the molecule is c1cc(-c2ccc3sc4ccccc4c3c2)cc(N(c2cccc(-c3cccc4ccccc34)c2)c2ccccc2-c2cccc3c2sc2ccccc23)c1. The van der Waals surface area contributed by atoms with Crippen molar-refractivity contribution in [2.24, 2.45) is 0 Å². The first-order valence-electron chi connectivity index (χ1n) is 18.7. The quantitative estimate of drug-likeness (QED) is 0.164. The Bertz CT molecular complexity index is 3230. The van der Waals surface area contributed by atoms with Crippen molar-refractivity contribution in [1.29, 1.82) is 0 Å². The normalized spacial score (nSPS) is 11.6. The van der Waals surface area contributed by atoms with E-state index >= 15 is 0 Å². The lowest BCUT2D eigenvalue weighted by molar-refractivity contribution is 1.28. The molecule has 3 heteroatoms. The Morgan fingerprint density at radius 1 is 0.309 bits per heavy atom. The minimum atomic E-state index is 1.11. The van der Waals surface area contributed by atoms with Gasteiger partial charge in [-0.1, -0.05) is 146 Å². The maximum absolute atomic E-state index is 2.46. The van der Waals surface area contributed by atoms with E-state index in [1.165, 1.54) is 84.5 Å². The Labute approximate surface area is 327 Å². The summed E-state index contributed by atoms with van der Waals surface area (Å²) in [5.41, 5.74) is 10.6. The number of benzene rings is 9. The van der Waals surface area contributed by atoms with Gasteiger partial charge in [-0.05, 0) is 87.6 Å². The van der Waals surface area contributed by atoms with Gasteiger partial charge >= 0.3 is 0 Å². The molecule has 0 saturated heterocycles. The maximum atomic E-state index is 2.46. The second-order valence-corrected chi connectivity index (χ2v) is 16.2. The molecule has 258 valence electrons. The minimum absolute atomic E-state index is 1.11. The molecule has 0 saturated carbocycles. The van der Waals surface area contributed by atoms with Gasteiger partial charge in [-0.3, -0.25) is 0 Å². The summed E-state index contributed by atoms with van der Waals surface area (Å²) in [6.45, 7) is 0. The fourth-order valence-electron chi connectivity index (χ4n) is 8.30. The molecule has 0 aliphatic heterocycles. The van der Waals surface area contributed by atoms with Gasteiger partial charge in [0, 0.05) is 62.8 Å². The molecule has 2 heterocycles. The van der Waals surface area contributed by atoms with Crippen molar-refractivity contribution in [2.75, 3.05) is 4.90 Å². The molecule has 11 rings (SSSR count). The number of nitrogens with zero attached hydrogens (tertiary/aromatic N) is 1. The zero-order valence-corrected chi connectivity index (χ0v) is 31.4. The molecule has 9 aromatic carbocycles. The first-order valence-corrected chi connectivity index (χ1v) is 20.3. The van der Waals surface area contributed by atoms with Crippen molar-refractivity contribution in [3.8, 4) is 33.4 Å². The molecule has 1 nitrogen and oxygen atoms in total. The van der Waals surface area contributed by atoms with Crippen molar-refractivity contribution in [3.63, 3.8) is 0 Å². The molecule has 0 atom stereocenters. The zero-order valence-electron chi connectivity index (χ0n) is 29.8. The van der Waals surface area contributed by atoms with Crippen LogP contribution >= 0.6 is 22.7 Å². The maximum Gasteiger partial charge on any atom is 0.0540 e. The summed E-state index contributed by atoms with van der Waals surface area (Å²) in [6, 6.07) is 73.5. The molecule has 55 heavy (non-hydrogen) atoms. The summed E-state index contributed by atoms with van der Waals surface area (Å²) >= 11 is 3.74. The average Bonchev–Trinajstić information content (AvgIpc) is 3.82. The van der Waals surface area contributed by atoms with Gasteiger partial charge in [0.25, 0.3) is 0 Å². The third kappa shape index (κ3) is 5.43. The second-order valence-electron chi connectivity index (χ2n) is 14.1. The number of hydrogen-bond acceptors (Lipinski definition) is 3. The molecular weight excluding hydrogens is 703 g/mol. The highest BCUT2D eigenvalue weighted by Crippen LogP contribution is 2.47. The molecule has 0 bridgehead atoms. The van der Waals surface area contributed by atoms with Gasteiger partial charge in [0.05, 0.1) is 5.69 Å². The Balaban J connectivity index is 1.13. The van der Waals surface area contributed by atoms with Gasteiger partial charge in [-0.25, -0.2) is 0 Å². The van der Waals surface area contributed by atoms with E-state index < -0.39 is 0 Å². The molecule has 0 amide bonds. The van der Waals surface area contributed by atoms with Crippen LogP contribution in [0.15, 0.2) is 200 Å². The van der Waals surface area contributed by atoms with E-state index in [0.717, 1.165) is 17.1 Å². The second kappa shape index (κ2) is 13.1. The molecule has 0 spiro atoms. The number of rotatable bonds is 6. The van der Waals surface area contributed by atoms with Crippen LogP contribution in [-0.2, 0) is 0 Å². The van der Waals surface area contributed by atoms with Crippen LogP contribution in [0.4, 0.5) is 17.1 Å². The molecular formula is C52H33NS2. The first kappa shape index (κ1) is 32.0. The van der Waals surface area contributed by atoms with Gasteiger partial charge in [0.15, 0.2) is 0 Å². The highest BCUT2D eigenvalue weighted by Gasteiger charge is 2.21. The van der Waals surface area contributed by atoms with Crippen LogP contribution in [0.5, 0.6) is 0 Å². The van der Waals surface area contributed by atoms with E-state index in [0.29, 0.717) is 0 Å². The third-order valence-electron chi connectivity index (χ3n) is 10.9. The van der Waals surface area contributed by atoms with Crippen molar-refractivity contribution in [2.45, 2.75) is 0 Å². The first-order chi connectivity index (χ1) is 27.3. The summed E-state index contributed by atoms with van der Waals surface area (Å²) in [5.74, 6) is 0. The molecule has 11 aromatic rings. The van der Waals surface area contributed by atoms with E-state index in [9.17, 15) is 0 Å². The van der Waals surface area contributed by atoms with Gasteiger partial charge in [-0.15, -0.1) is 22.7 Å². The number of para-hydroxylation sites is 1. The van der Waals surface area contributed by atoms with Crippen LogP contribution in [0.3, 0.4) is 0 Å². The summed E-state index contributed by atoms with van der Waals surface area (Å²) in [6.07, 6.45) is 0. The smallest absolute Gasteiger partial charge is 0.0540 e. The predicted molar refractivity (Wildman–Crippen MR) is 241 cm³/mol. The van der Waals surface area contributed by atoms with Crippen molar-refractivity contribution in [1.82, 2.24) is 0 Å². The molecule has 0 aliphatic rings. The van der Waals surface area contributed by atoms with Crippen molar-refractivity contribution >= 4 is 90.9 Å². The molecule has 0 unspecified atom stereocenters. The Kier molecular flexibility index (Phi) is 7.61. The molecule has 0 fully saturated rings. The number of hydrogen-bond donors (Lipinski definition) is 0. The number of anilines is 3. The van der Waals surface area contributed by atoms with Crippen LogP contribution in [0.2, 0.25) is 0 Å². The van der Waals surface area contributed by atoms with Gasteiger partial charge in [0.1, 0.15) is 0 Å². The van der Waals surface area contributed by atoms with E-state index in [2.05, 4.69) is 205 Å². The number of thiophene rings is 2. The van der Waals surface area contributed by atoms with E-state index in [-0.39, 0.29) is 0 Å². The van der Waals surface area contributed by atoms with Crippen LogP contribution in [0.25, 0.3) is 84.5 Å². The molecule has 0 aliphatic carbocycles. The largest absolute Gasteiger partial charge is 0.310 e. The summed E-state index contributed by atoms with van der Waals surface area (Å²) in [7, 11) is 0. The Morgan fingerprint density at radius 3 is 1.71 bits per heavy atom. The van der Waals surface area contributed by atoms with E-state index in [1.807, 2.05) is 22.7 Å². The lowest BCUT2D eigenvalue weighted by Gasteiger charge is -2.29. The Morgan fingerprint density at radius 2 is 0.855 bits per heavy atom. The highest BCUT2D eigenvalue weighted by atomic mass is 32.1. The number of fused-ring (bicyclic) bond motifs is 7. The van der Waals surface area contributed by atoms with Gasteiger partial charge in [-0.2, -0.15) is 0 Å². The monoisotopic (exact) mass is 735 g/mol. The van der Waals surface area contributed by atoms with Crippen LogP contribution in [0.1, 0.15) is 0 Å². The van der Waals surface area contributed by atoms with Crippen LogP contribution in [-0.4, -0.2) is 0 Å². The van der Waals surface area contributed by atoms with Gasteiger partial charge < -0.3 is 4.90 Å². The van der Waals surface area contributed by atoms with Crippen LogP contribution < -0.4 is 4.90 Å². The third-order valence-corrected chi connectivity index (χ3v) is 13.2. The fraction of sp³-hybridized carbons (Fsp3) is 0. The van der Waals surface area contributed by atoms with Crippen molar-refractivity contribution in [3.05, 3.63) is 200 Å². The highest BCUT2D eigenvalue weighted by molar-refractivity contribution is 7.26. The topological polar surface area (TPSA) is 3.24 Å².